The standard InChI is InChI=1S/C12H21N3S/c1-3-7-14-11(9-16-4-2)10-6-5-8-15-12(10)13/h5-6,8,11,14H,3-4,7,9H2,1-2H3,(H2,13,15). The van der Waals surface area contributed by atoms with Gasteiger partial charge in [0.1, 0.15) is 5.82 Å². The van der Waals surface area contributed by atoms with Crippen LogP contribution in [0.5, 0.6) is 0 Å². The van der Waals surface area contributed by atoms with E-state index in [0.29, 0.717) is 11.9 Å². The maximum atomic E-state index is 5.90. The first-order valence-corrected chi connectivity index (χ1v) is 6.96. The molecule has 0 radical (unpaired) electrons. The highest BCUT2D eigenvalue weighted by Crippen LogP contribution is 2.21. The lowest BCUT2D eigenvalue weighted by Crippen LogP contribution is -2.25. The van der Waals surface area contributed by atoms with Crippen LogP contribution in [-0.2, 0) is 0 Å². The number of aromatic nitrogens is 1. The van der Waals surface area contributed by atoms with Gasteiger partial charge in [0.15, 0.2) is 0 Å². The predicted molar refractivity (Wildman–Crippen MR) is 72.7 cm³/mol. The molecule has 0 saturated carbocycles. The Bertz CT molecular complexity index is 296. The molecule has 1 heterocycles. The van der Waals surface area contributed by atoms with Crippen molar-refractivity contribution in [3.8, 4) is 0 Å². The molecule has 0 fully saturated rings. The fourth-order valence-corrected chi connectivity index (χ4v) is 2.31. The molecule has 0 spiro atoms. The van der Waals surface area contributed by atoms with Gasteiger partial charge in [-0.2, -0.15) is 11.8 Å². The number of nitrogens with two attached hydrogens (primary N) is 1. The molecule has 1 rings (SSSR count). The van der Waals surface area contributed by atoms with Gasteiger partial charge in [-0.25, -0.2) is 4.98 Å². The van der Waals surface area contributed by atoms with Gasteiger partial charge in [-0.15, -0.1) is 0 Å². The van der Waals surface area contributed by atoms with Gasteiger partial charge in [-0.3, -0.25) is 0 Å². The largest absolute Gasteiger partial charge is 0.383 e. The summed E-state index contributed by atoms with van der Waals surface area (Å²) < 4.78 is 0. The maximum absolute atomic E-state index is 5.90. The highest BCUT2D eigenvalue weighted by atomic mass is 32.2. The van der Waals surface area contributed by atoms with Crippen LogP contribution in [0.3, 0.4) is 0 Å². The van der Waals surface area contributed by atoms with Crippen LogP contribution in [0.2, 0.25) is 0 Å². The molecule has 1 aromatic heterocycles. The minimum atomic E-state index is 0.318. The topological polar surface area (TPSA) is 50.9 Å². The molecular formula is C12H21N3S. The van der Waals surface area contributed by atoms with E-state index in [4.69, 9.17) is 5.73 Å². The lowest BCUT2D eigenvalue weighted by molar-refractivity contribution is 0.577. The molecule has 1 aromatic rings. The third kappa shape index (κ3) is 4.02. The number of nitrogen functional groups attached to an aromatic ring is 1. The number of pyridine rings is 1. The average Bonchev–Trinajstić information content (AvgIpc) is 2.31. The normalized spacial score (nSPS) is 12.6. The first-order chi connectivity index (χ1) is 7.79. The number of hydrogen-bond donors (Lipinski definition) is 2. The molecule has 0 bridgehead atoms. The van der Waals surface area contributed by atoms with E-state index in [-0.39, 0.29) is 0 Å². The number of nitrogens with one attached hydrogen (secondary N) is 1. The summed E-state index contributed by atoms with van der Waals surface area (Å²) in [6, 6.07) is 4.33. The minimum absolute atomic E-state index is 0.318. The minimum Gasteiger partial charge on any atom is -0.383 e. The zero-order valence-electron chi connectivity index (χ0n) is 10.1. The van der Waals surface area contributed by atoms with Crippen molar-refractivity contribution in [1.29, 1.82) is 0 Å². The Morgan fingerprint density at radius 2 is 2.31 bits per heavy atom. The van der Waals surface area contributed by atoms with E-state index in [1.54, 1.807) is 6.20 Å². The van der Waals surface area contributed by atoms with Crippen LogP contribution in [-0.4, -0.2) is 23.0 Å². The van der Waals surface area contributed by atoms with Crippen molar-refractivity contribution in [3.05, 3.63) is 23.9 Å². The zero-order valence-corrected chi connectivity index (χ0v) is 10.9. The Balaban J connectivity index is 2.70. The van der Waals surface area contributed by atoms with Gasteiger partial charge in [0.25, 0.3) is 0 Å². The Morgan fingerprint density at radius 3 is 2.94 bits per heavy atom. The summed E-state index contributed by atoms with van der Waals surface area (Å²) in [6.45, 7) is 5.36. The Hall–Kier alpha value is -0.740. The monoisotopic (exact) mass is 239 g/mol. The summed E-state index contributed by atoms with van der Waals surface area (Å²) in [5.74, 6) is 2.82. The predicted octanol–water partition coefficient (Wildman–Crippen LogP) is 2.46. The summed E-state index contributed by atoms with van der Waals surface area (Å²) in [7, 11) is 0. The van der Waals surface area contributed by atoms with Crippen LogP contribution in [0, 0.1) is 0 Å². The van der Waals surface area contributed by atoms with E-state index in [2.05, 4.69) is 30.2 Å². The first-order valence-electron chi connectivity index (χ1n) is 5.81. The second kappa shape index (κ2) is 7.52. The summed E-state index contributed by atoms with van der Waals surface area (Å²) in [5, 5.41) is 3.52. The highest BCUT2D eigenvalue weighted by Gasteiger charge is 2.13. The van der Waals surface area contributed by atoms with Gasteiger partial charge in [-0.05, 0) is 24.8 Å². The van der Waals surface area contributed by atoms with Crippen LogP contribution in [0.1, 0.15) is 31.9 Å². The maximum Gasteiger partial charge on any atom is 0.128 e. The van der Waals surface area contributed by atoms with Crippen LogP contribution in [0.15, 0.2) is 18.3 Å². The number of anilines is 1. The molecule has 0 aliphatic carbocycles. The lowest BCUT2D eigenvalue weighted by atomic mass is 10.1. The van der Waals surface area contributed by atoms with Crippen molar-refractivity contribution >= 4 is 17.6 Å². The van der Waals surface area contributed by atoms with Crippen molar-refractivity contribution in [2.24, 2.45) is 0 Å². The fraction of sp³-hybridized carbons (Fsp3) is 0.583. The van der Waals surface area contributed by atoms with E-state index >= 15 is 0 Å². The molecule has 1 atom stereocenters. The second-order valence-corrected chi connectivity index (χ2v) is 4.96. The quantitative estimate of drug-likeness (QED) is 0.767. The van der Waals surface area contributed by atoms with E-state index in [1.165, 1.54) is 0 Å². The van der Waals surface area contributed by atoms with Crippen molar-refractivity contribution in [2.45, 2.75) is 26.3 Å². The number of rotatable bonds is 7. The third-order valence-corrected chi connectivity index (χ3v) is 3.35. The molecule has 3 N–H and O–H groups in total. The third-order valence-electron chi connectivity index (χ3n) is 2.38. The zero-order chi connectivity index (χ0) is 11.8. The second-order valence-electron chi connectivity index (χ2n) is 3.64. The van der Waals surface area contributed by atoms with E-state index < -0.39 is 0 Å². The molecule has 1 unspecified atom stereocenters. The van der Waals surface area contributed by atoms with Crippen LogP contribution < -0.4 is 11.1 Å². The van der Waals surface area contributed by atoms with Gasteiger partial charge in [-0.1, -0.05) is 19.9 Å². The van der Waals surface area contributed by atoms with Crippen LogP contribution >= 0.6 is 11.8 Å². The molecule has 0 aliphatic heterocycles. The summed E-state index contributed by atoms with van der Waals surface area (Å²) in [5.41, 5.74) is 7.03. The van der Waals surface area contributed by atoms with E-state index in [9.17, 15) is 0 Å². The Labute approximate surface area is 102 Å². The number of thioether (sulfide) groups is 1. The molecule has 4 heteroatoms. The van der Waals surface area contributed by atoms with Crippen molar-refractivity contribution in [1.82, 2.24) is 10.3 Å². The fourth-order valence-electron chi connectivity index (χ4n) is 1.54. The van der Waals surface area contributed by atoms with Gasteiger partial charge in [0.05, 0.1) is 0 Å². The molecule has 90 valence electrons. The molecule has 0 aromatic carbocycles. The van der Waals surface area contributed by atoms with Gasteiger partial charge >= 0.3 is 0 Å². The molecule has 3 nitrogen and oxygen atoms in total. The van der Waals surface area contributed by atoms with Gasteiger partial charge in [0.2, 0.25) is 0 Å². The molecule has 0 saturated heterocycles. The molecular weight excluding hydrogens is 218 g/mol. The lowest BCUT2D eigenvalue weighted by Gasteiger charge is -2.19. The van der Waals surface area contributed by atoms with Crippen LogP contribution in [0.4, 0.5) is 5.82 Å². The molecule has 0 amide bonds. The van der Waals surface area contributed by atoms with E-state index in [0.717, 1.165) is 30.0 Å². The Kier molecular flexibility index (Phi) is 6.26. The van der Waals surface area contributed by atoms with Gasteiger partial charge < -0.3 is 11.1 Å². The summed E-state index contributed by atoms with van der Waals surface area (Å²) in [4.78, 5) is 4.14. The average molecular weight is 239 g/mol. The summed E-state index contributed by atoms with van der Waals surface area (Å²) in [6.07, 6.45) is 2.87. The van der Waals surface area contributed by atoms with Crippen molar-refractivity contribution < 1.29 is 0 Å². The van der Waals surface area contributed by atoms with E-state index in [1.807, 2.05) is 17.8 Å². The van der Waals surface area contributed by atoms with Gasteiger partial charge in [0, 0.05) is 23.6 Å². The van der Waals surface area contributed by atoms with Crippen molar-refractivity contribution in [2.75, 3.05) is 23.8 Å². The Morgan fingerprint density at radius 1 is 1.50 bits per heavy atom. The number of nitrogens with zero attached hydrogens (tertiary/aromatic N) is 1. The number of hydrogen-bond acceptors (Lipinski definition) is 4. The highest BCUT2D eigenvalue weighted by molar-refractivity contribution is 7.99. The van der Waals surface area contributed by atoms with Crippen molar-refractivity contribution in [3.63, 3.8) is 0 Å². The summed E-state index contributed by atoms with van der Waals surface area (Å²) >= 11 is 1.92. The molecule has 0 aliphatic rings. The molecule has 16 heavy (non-hydrogen) atoms. The van der Waals surface area contributed by atoms with Crippen LogP contribution in [0.25, 0.3) is 0 Å². The SMILES string of the molecule is CCCNC(CSCC)c1cccnc1N. The first kappa shape index (κ1) is 13.3. The smallest absolute Gasteiger partial charge is 0.128 e.